The van der Waals surface area contributed by atoms with Crippen LogP contribution in [0.25, 0.3) is 0 Å². The van der Waals surface area contributed by atoms with Gasteiger partial charge in [-0.05, 0) is 5.56 Å². The van der Waals surface area contributed by atoms with Gasteiger partial charge in [0.15, 0.2) is 0 Å². The van der Waals surface area contributed by atoms with Crippen molar-refractivity contribution in [1.29, 1.82) is 0 Å². The van der Waals surface area contributed by atoms with Crippen LogP contribution >= 0.6 is 0 Å². The third kappa shape index (κ3) is 4.44. The molecule has 0 fully saturated rings. The molecule has 0 radical (unpaired) electrons. The Balaban J connectivity index is 2.45. The molecule has 2 aromatic rings. The molecule has 1 aromatic heterocycles. The summed E-state index contributed by atoms with van der Waals surface area (Å²) in [7, 11) is 7.18. The van der Waals surface area contributed by atoms with E-state index in [9.17, 15) is 20.0 Å². The lowest BCUT2D eigenvalue weighted by atomic mass is 10.1. The van der Waals surface area contributed by atoms with Crippen molar-refractivity contribution in [2.45, 2.75) is 12.8 Å². The first-order valence-corrected chi connectivity index (χ1v) is 7.88. The van der Waals surface area contributed by atoms with Crippen LogP contribution in [0.1, 0.15) is 17.0 Å². The summed E-state index contributed by atoms with van der Waals surface area (Å²) < 4.78 is 0. The number of nitro groups is 1. The molecule has 0 saturated heterocycles. The molecule has 0 bridgehead atoms. The Hall–Kier alpha value is -3.23. The topological polar surface area (TPSA) is 113 Å². The zero-order chi connectivity index (χ0) is 19.4. The molecule has 1 heterocycles. The Morgan fingerprint density at radius 3 is 1.96 bits per heavy atom. The van der Waals surface area contributed by atoms with E-state index in [1.807, 2.05) is 0 Å². The second-order valence-corrected chi connectivity index (χ2v) is 6.23. The van der Waals surface area contributed by atoms with Crippen LogP contribution in [0, 0.1) is 10.1 Å². The van der Waals surface area contributed by atoms with E-state index in [0.29, 0.717) is 29.4 Å². The van der Waals surface area contributed by atoms with Gasteiger partial charge in [0.25, 0.3) is 5.69 Å². The zero-order valence-corrected chi connectivity index (χ0v) is 15.1. The van der Waals surface area contributed by atoms with Crippen molar-refractivity contribution in [3.63, 3.8) is 0 Å². The molecule has 0 unspecified atom stereocenters. The summed E-state index contributed by atoms with van der Waals surface area (Å²) in [6.45, 7) is 0. The third-order valence-corrected chi connectivity index (χ3v) is 3.69. The van der Waals surface area contributed by atoms with E-state index in [-0.39, 0.29) is 12.1 Å². The summed E-state index contributed by atoms with van der Waals surface area (Å²) in [5, 5.41) is 20.0. The number of rotatable bonds is 7. The monoisotopic (exact) mass is 359 g/mol. The predicted molar refractivity (Wildman–Crippen MR) is 97.9 cm³/mol. The van der Waals surface area contributed by atoms with Gasteiger partial charge in [-0.2, -0.15) is 0 Å². The molecule has 0 saturated carbocycles. The number of nitro benzene ring substituents is 1. The van der Waals surface area contributed by atoms with E-state index in [4.69, 9.17) is 0 Å². The summed E-state index contributed by atoms with van der Waals surface area (Å²) in [6, 6.07) is 6.20. The Morgan fingerprint density at radius 2 is 1.58 bits per heavy atom. The number of nitrogens with zero attached hydrogens (tertiary/aromatic N) is 5. The van der Waals surface area contributed by atoms with E-state index in [1.54, 1.807) is 50.1 Å². The number of carboxylic acid groups (broad SMARTS) is 1. The van der Waals surface area contributed by atoms with Crippen LogP contribution in [0.15, 0.2) is 24.3 Å². The third-order valence-electron chi connectivity index (χ3n) is 3.69. The minimum absolute atomic E-state index is 0.0226. The van der Waals surface area contributed by atoms with Crippen LogP contribution < -0.4 is 9.80 Å². The molecule has 1 N–H and O–H groups in total. The highest BCUT2D eigenvalue weighted by Gasteiger charge is 2.20. The first-order valence-electron chi connectivity index (χ1n) is 7.88. The van der Waals surface area contributed by atoms with Crippen LogP contribution in [0.4, 0.5) is 17.3 Å². The Bertz CT molecular complexity index is 789. The number of hydrogen-bond acceptors (Lipinski definition) is 7. The zero-order valence-electron chi connectivity index (χ0n) is 15.1. The van der Waals surface area contributed by atoms with Gasteiger partial charge < -0.3 is 14.9 Å². The first-order chi connectivity index (χ1) is 12.2. The summed E-state index contributed by atoms with van der Waals surface area (Å²) in [5.41, 5.74) is 1.39. The number of hydrogen-bond donors (Lipinski definition) is 1. The molecular formula is C17H21N5O4. The molecule has 0 spiro atoms. The molecule has 1 aromatic carbocycles. The molecule has 0 atom stereocenters. The molecule has 0 amide bonds. The van der Waals surface area contributed by atoms with E-state index in [1.165, 1.54) is 12.1 Å². The average Bonchev–Trinajstić information content (AvgIpc) is 2.55. The number of carboxylic acids is 1. The molecule has 9 heteroatoms. The average molecular weight is 359 g/mol. The fourth-order valence-electron chi connectivity index (χ4n) is 2.55. The molecule has 0 aliphatic carbocycles. The van der Waals surface area contributed by atoms with Gasteiger partial charge in [0.2, 0.25) is 0 Å². The van der Waals surface area contributed by atoms with E-state index >= 15 is 0 Å². The largest absolute Gasteiger partial charge is 0.481 e. The first kappa shape index (κ1) is 19.1. The van der Waals surface area contributed by atoms with Crippen molar-refractivity contribution in [1.82, 2.24) is 9.97 Å². The van der Waals surface area contributed by atoms with Gasteiger partial charge in [0.05, 0.1) is 11.3 Å². The number of carbonyl (C=O) groups is 1. The molecule has 26 heavy (non-hydrogen) atoms. The second-order valence-electron chi connectivity index (χ2n) is 6.23. The maximum Gasteiger partial charge on any atom is 0.308 e. The second kappa shape index (κ2) is 7.77. The Labute approximate surface area is 151 Å². The van der Waals surface area contributed by atoms with Gasteiger partial charge in [-0.15, -0.1) is 0 Å². The Morgan fingerprint density at radius 1 is 1.08 bits per heavy atom. The maximum absolute atomic E-state index is 11.2. The van der Waals surface area contributed by atoms with Gasteiger partial charge >= 0.3 is 5.97 Å². The van der Waals surface area contributed by atoms with Crippen LogP contribution in [-0.2, 0) is 17.6 Å². The molecule has 0 aliphatic rings. The summed E-state index contributed by atoms with van der Waals surface area (Å²) in [5.74, 6) is 0.648. The van der Waals surface area contributed by atoms with Crippen LogP contribution in [-0.4, -0.2) is 54.2 Å². The van der Waals surface area contributed by atoms with Gasteiger partial charge in [-0.1, -0.05) is 12.1 Å². The van der Waals surface area contributed by atoms with Crippen LogP contribution in [0.5, 0.6) is 0 Å². The van der Waals surface area contributed by atoms with Gasteiger partial charge in [0.1, 0.15) is 17.5 Å². The van der Waals surface area contributed by atoms with Crippen LogP contribution in [0.2, 0.25) is 0 Å². The summed E-state index contributed by atoms with van der Waals surface area (Å²) in [6.07, 6.45) is 0.200. The van der Waals surface area contributed by atoms with E-state index in [0.717, 1.165) is 5.56 Å². The Kier molecular flexibility index (Phi) is 5.71. The van der Waals surface area contributed by atoms with E-state index < -0.39 is 10.9 Å². The summed E-state index contributed by atoms with van der Waals surface area (Å²) in [4.78, 5) is 34.1. The number of benzene rings is 1. The molecule has 0 aliphatic heterocycles. The minimum Gasteiger partial charge on any atom is -0.481 e. The molecular weight excluding hydrogens is 338 g/mol. The van der Waals surface area contributed by atoms with Crippen molar-refractivity contribution in [3.05, 3.63) is 51.3 Å². The lowest BCUT2D eigenvalue weighted by molar-refractivity contribution is -0.384. The number of anilines is 2. The number of non-ortho nitro benzene ring substituents is 1. The lowest BCUT2D eigenvalue weighted by Gasteiger charge is -2.22. The van der Waals surface area contributed by atoms with Gasteiger partial charge in [-0.3, -0.25) is 14.9 Å². The van der Waals surface area contributed by atoms with Crippen molar-refractivity contribution in [3.8, 4) is 0 Å². The highest BCUT2D eigenvalue weighted by molar-refractivity contribution is 5.76. The molecule has 2 rings (SSSR count). The quantitative estimate of drug-likeness (QED) is 0.587. The fourth-order valence-corrected chi connectivity index (χ4v) is 2.55. The number of aromatic nitrogens is 2. The highest BCUT2D eigenvalue weighted by Crippen LogP contribution is 2.27. The SMILES string of the molecule is CN(C)c1nc(Cc2ccc([N+](=O)[O-])cc2)nc(N(C)C)c1CC(=O)O. The smallest absolute Gasteiger partial charge is 0.308 e. The van der Waals surface area contributed by atoms with Crippen molar-refractivity contribution >= 4 is 23.3 Å². The van der Waals surface area contributed by atoms with Crippen molar-refractivity contribution in [2.75, 3.05) is 38.0 Å². The standard InChI is InChI=1S/C17H21N5O4/c1-20(2)16-13(10-15(23)24)17(21(3)4)19-14(18-16)9-11-5-7-12(8-6-11)22(25)26/h5-8H,9-10H2,1-4H3,(H,23,24). The van der Waals surface area contributed by atoms with Crippen molar-refractivity contribution in [2.24, 2.45) is 0 Å². The van der Waals surface area contributed by atoms with Crippen LogP contribution in [0.3, 0.4) is 0 Å². The normalized spacial score (nSPS) is 10.5. The van der Waals surface area contributed by atoms with Crippen molar-refractivity contribution < 1.29 is 14.8 Å². The van der Waals surface area contributed by atoms with Gasteiger partial charge in [0, 0.05) is 52.3 Å². The molecule has 138 valence electrons. The number of aliphatic carboxylic acids is 1. The maximum atomic E-state index is 11.2. The lowest BCUT2D eigenvalue weighted by Crippen LogP contribution is -2.22. The predicted octanol–water partition coefficient (Wildman–Crippen LogP) is 1.73. The highest BCUT2D eigenvalue weighted by atomic mass is 16.6. The van der Waals surface area contributed by atoms with E-state index in [2.05, 4.69) is 9.97 Å². The summed E-state index contributed by atoms with van der Waals surface area (Å²) >= 11 is 0. The minimum atomic E-state index is -0.956. The van der Waals surface area contributed by atoms with Gasteiger partial charge in [-0.25, -0.2) is 9.97 Å². The molecule has 9 nitrogen and oxygen atoms in total. The fraction of sp³-hybridized carbons (Fsp3) is 0.353.